The van der Waals surface area contributed by atoms with Crippen LogP contribution in [0.3, 0.4) is 0 Å². The smallest absolute Gasteiger partial charge is 0.352 e. The average Bonchev–Trinajstić information content (AvgIpc) is 2.68. The zero-order valence-electron chi connectivity index (χ0n) is 15.0. The number of esters is 2. The van der Waals surface area contributed by atoms with Gasteiger partial charge in [-0.15, -0.1) is 0 Å². The van der Waals surface area contributed by atoms with Crippen molar-refractivity contribution in [1.82, 2.24) is 0 Å². The van der Waals surface area contributed by atoms with Crippen molar-refractivity contribution >= 4 is 11.9 Å². The Balaban J connectivity index is 1.75. The summed E-state index contributed by atoms with van der Waals surface area (Å²) >= 11 is 0. The highest BCUT2D eigenvalue weighted by Crippen LogP contribution is 2.26. The van der Waals surface area contributed by atoms with Gasteiger partial charge in [-0.3, -0.25) is 0 Å². The van der Waals surface area contributed by atoms with E-state index in [0.29, 0.717) is 11.1 Å². The van der Waals surface area contributed by atoms with Crippen LogP contribution in [0.25, 0.3) is 0 Å². The maximum atomic E-state index is 12.7. The number of carbonyl (C=O) groups excluding carboxylic acids is 2. The number of ether oxygens (including phenoxy) is 2. The molecule has 1 atom stereocenters. The Kier molecular flexibility index (Phi) is 6.05. The summed E-state index contributed by atoms with van der Waals surface area (Å²) in [6.07, 6.45) is 3.93. The van der Waals surface area contributed by atoms with Gasteiger partial charge in [-0.1, -0.05) is 54.4 Å². The predicted molar refractivity (Wildman–Crippen MR) is 98.7 cm³/mol. The average molecular weight is 352 g/mol. The molecule has 0 amide bonds. The molecule has 136 valence electrons. The van der Waals surface area contributed by atoms with Gasteiger partial charge in [0.2, 0.25) is 6.10 Å². The van der Waals surface area contributed by atoms with E-state index < -0.39 is 18.0 Å². The molecule has 2 aromatic rings. The maximum Gasteiger partial charge on any atom is 0.352 e. The van der Waals surface area contributed by atoms with E-state index in [2.05, 4.69) is 0 Å². The second-order valence-corrected chi connectivity index (χ2v) is 6.76. The Morgan fingerprint density at radius 1 is 0.923 bits per heavy atom. The molecule has 26 heavy (non-hydrogen) atoms. The first-order valence-electron chi connectivity index (χ1n) is 9.16. The Morgan fingerprint density at radius 2 is 1.58 bits per heavy atom. The van der Waals surface area contributed by atoms with E-state index in [1.807, 2.05) is 37.3 Å². The van der Waals surface area contributed by atoms with Crippen LogP contribution in [0.4, 0.5) is 0 Å². The molecule has 0 spiro atoms. The van der Waals surface area contributed by atoms with Crippen molar-refractivity contribution in [2.75, 3.05) is 0 Å². The van der Waals surface area contributed by atoms with Gasteiger partial charge in [0, 0.05) is 5.56 Å². The van der Waals surface area contributed by atoms with Gasteiger partial charge in [-0.05, 0) is 44.7 Å². The van der Waals surface area contributed by atoms with Gasteiger partial charge in [0.15, 0.2) is 0 Å². The molecule has 0 aliphatic heterocycles. The molecule has 2 aromatic carbocycles. The van der Waals surface area contributed by atoms with Crippen LogP contribution < -0.4 is 0 Å². The number of aryl methyl sites for hydroxylation is 1. The molecular weight excluding hydrogens is 328 g/mol. The predicted octanol–water partition coefficient (Wildman–Crippen LogP) is 4.77. The van der Waals surface area contributed by atoms with E-state index in [0.717, 1.165) is 31.2 Å². The van der Waals surface area contributed by atoms with Crippen molar-refractivity contribution in [1.29, 1.82) is 0 Å². The Hall–Kier alpha value is -2.62. The van der Waals surface area contributed by atoms with Crippen LogP contribution >= 0.6 is 0 Å². The van der Waals surface area contributed by atoms with E-state index in [9.17, 15) is 9.59 Å². The monoisotopic (exact) mass is 352 g/mol. The van der Waals surface area contributed by atoms with Crippen LogP contribution in [0.5, 0.6) is 0 Å². The van der Waals surface area contributed by atoms with Gasteiger partial charge in [-0.2, -0.15) is 0 Å². The van der Waals surface area contributed by atoms with Gasteiger partial charge in [-0.25, -0.2) is 9.59 Å². The minimum Gasteiger partial charge on any atom is -0.459 e. The minimum atomic E-state index is -1.05. The van der Waals surface area contributed by atoms with Crippen molar-refractivity contribution in [3.63, 3.8) is 0 Å². The lowest BCUT2D eigenvalue weighted by Crippen LogP contribution is -2.27. The number of carbonyl (C=O) groups is 2. The number of rotatable bonds is 5. The molecule has 1 unspecified atom stereocenters. The van der Waals surface area contributed by atoms with Gasteiger partial charge in [0.25, 0.3) is 0 Å². The van der Waals surface area contributed by atoms with E-state index in [4.69, 9.17) is 9.47 Å². The molecule has 0 N–H and O–H groups in total. The summed E-state index contributed by atoms with van der Waals surface area (Å²) in [5.74, 6) is -1.02. The Morgan fingerprint density at radius 3 is 2.23 bits per heavy atom. The van der Waals surface area contributed by atoms with E-state index >= 15 is 0 Å². The molecule has 1 aliphatic rings. The van der Waals surface area contributed by atoms with Gasteiger partial charge < -0.3 is 9.47 Å². The fourth-order valence-corrected chi connectivity index (χ4v) is 3.15. The second-order valence-electron chi connectivity index (χ2n) is 6.76. The largest absolute Gasteiger partial charge is 0.459 e. The summed E-state index contributed by atoms with van der Waals surface area (Å²) in [7, 11) is 0. The zero-order chi connectivity index (χ0) is 18.4. The molecular formula is C22H24O4. The van der Waals surface area contributed by atoms with Crippen LogP contribution in [-0.4, -0.2) is 18.0 Å². The maximum absolute atomic E-state index is 12.7. The summed E-state index contributed by atoms with van der Waals surface area (Å²) in [6, 6.07) is 16.1. The quantitative estimate of drug-likeness (QED) is 0.728. The SMILES string of the molecule is Cc1ccc(C(=O)OC(C(=O)OC2CCCCC2)c2ccccc2)cc1. The number of benzene rings is 2. The molecule has 1 saturated carbocycles. The van der Waals surface area contributed by atoms with Gasteiger partial charge in [0.1, 0.15) is 6.10 Å². The first-order chi connectivity index (χ1) is 12.6. The number of hydrogen-bond acceptors (Lipinski definition) is 4. The van der Waals surface area contributed by atoms with E-state index in [-0.39, 0.29) is 6.10 Å². The lowest BCUT2D eigenvalue weighted by molar-refractivity contribution is -0.161. The lowest BCUT2D eigenvalue weighted by atomic mass is 9.98. The second kappa shape index (κ2) is 8.65. The highest BCUT2D eigenvalue weighted by Gasteiger charge is 2.29. The molecule has 1 aliphatic carbocycles. The molecule has 3 rings (SSSR count). The van der Waals surface area contributed by atoms with Crippen molar-refractivity contribution in [2.24, 2.45) is 0 Å². The van der Waals surface area contributed by atoms with Crippen LogP contribution in [-0.2, 0) is 14.3 Å². The highest BCUT2D eigenvalue weighted by atomic mass is 16.6. The van der Waals surface area contributed by atoms with Crippen molar-refractivity contribution < 1.29 is 19.1 Å². The van der Waals surface area contributed by atoms with Crippen molar-refractivity contribution in [3.8, 4) is 0 Å². The topological polar surface area (TPSA) is 52.6 Å². The highest BCUT2D eigenvalue weighted by molar-refractivity contribution is 5.91. The first kappa shape index (κ1) is 18.2. The molecule has 4 nitrogen and oxygen atoms in total. The van der Waals surface area contributed by atoms with Crippen LogP contribution in [0.15, 0.2) is 54.6 Å². The molecule has 0 heterocycles. The molecule has 0 saturated heterocycles. The fraction of sp³-hybridized carbons (Fsp3) is 0.364. The minimum absolute atomic E-state index is 0.0828. The summed E-state index contributed by atoms with van der Waals surface area (Å²) in [6.45, 7) is 1.95. The third-order valence-corrected chi connectivity index (χ3v) is 4.66. The lowest BCUT2D eigenvalue weighted by Gasteiger charge is -2.24. The van der Waals surface area contributed by atoms with E-state index in [1.54, 1.807) is 24.3 Å². The van der Waals surface area contributed by atoms with Crippen LogP contribution in [0.2, 0.25) is 0 Å². The summed E-state index contributed by atoms with van der Waals surface area (Å²) in [5, 5.41) is 0. The zero-order valence-corrected chi connectivity index (χ0v) is 15.0. The third-order valence-electron chi connectivity index (χ3n) is 4.66. The Labute approximate surface area is 154 Å². The summed E-state index contributed by atoms with van der Waals surface area (Å²) in [4.78, 5) is 25.2. The number of hydrogen-bond donors (Lipinski definition) is 0. The third kappa shape index (κ3) is 4.72. The Bertz CT molecular complexity index is 730. The van der Waals surface area contributed by atoms with Crippen LogP contribution in [0, 0.1) is 6.92 Å². The van der Waals surface area contributed by atoms with Crippen LogP contribution in [0.1, 0.15) is 59.7 Å². The molecule has 0 aromatic heterocycles. The summed E-state index contributed by atoms with van der Waals surface area (Å²) < 4.78 is 11.2. The molecule has 0 radical (unpaired) electrons. The molecule has 0 bridgehead atoms. The molecule has 4 heteroatoms. The van der Waals surface area contributed by atoms with E-state index in [1.165, 1.54) is 6.42 Å². The first-order valence-corrected chi connectivity index (χ1v) is 9.16. The summed E-state index contributed by atoms with van der Waals surface area (Å²) in [5.41, 5.74) is 2.09. The van der Waals surface area contributed by atoms with Gasteiger partial charge >= 0.3 is 11.9 Å². The standard InChI is InChI=1S/C22H24O4/c1-16-12-14-18(15-13-16)21(23)26-20(17-8-4-2-5-9-17)22(24)25-19-10-6-3-7-11-19/h2,4-5,8-9,12-15,19-20H,3,6-7,10-11H2,1H3. The van der Waals surface area contributed by atoms with Crippen molar-refractivity contribution in [3.05, 3.63) is 71.3 Å². The normalized spacial score (nSPS) is 15.9. The molecule has 1 fully saturated rings. The van der Waals surface area contributed by atoms with Crippen molar-refractivity contribution in [2.45, 2.75) is 51.2 Å². The van der Waals surface area contributed by atoms with Gasteiger partial charge in [0.05, 0.1) is 5.56 Å². The fourth-order valence-electron chi connectivity index (χ4n) is 3.15.